The normalized spacial score (nSPS) is 12.7. The molecule has 1 heterocycles. The van der Waals surface area contributed by atoms with Crippen LogP contribution in [0.15, 0.2) is 0 Å². The lowest BCUT2D eigenvalue weighted by atomic mass is 10.1. The molecule has 0 spiro atoms. The SMILES string of the molecule is CCOC(C)c1nc(C)c(CNCCOC)c(C)n1. The number of nitrogens with one attached hydrogen (secondary N) is 1. The number of ether oxygens (including phenoxy) is 2. The highest BCUT2D eigenvalue weighted by Crippen LogP contribution is 2.16. The van der Waals surface area contributed by atoms with Crippen LogP contribution in [0.2, 0.25) is 0 Å². The van der Waals surface area contributed by atoms with Gasteiger partial charge in [0, 0.05) is 43.8 Å². The molecule has 1 rings (SSSR count). The van der Waals surface area contributed by atoms with Gasteiger partial charge >= 0.3 is 0 Å². The Morgan fingerprint density at radius 2 is 1.84 bits per heavy atom. The number of methoxy groups -OCH3 is 1. The second kappa shape index (κ2) is 8.19. The average molecular weight is 267 g/mol. The first kappa shape index (κ1) is 16.0. The third-order valence-electron chi connectivity index (χ3n) is 3.00. The summed E-state index contributed by atoms with van der Waals surface area (Å²) in [7, 11) is 1.70. The van der Waals surface area contributed by atoms with E-state index in [9.17, 15) is 0 Å². The summed E-state index contributed by atoms with van der Waals surface area (Å²) in [5.41, 5.74) is 3.18. The molecule has 0 aliphatic rings. The zero-order chi connectivity index (χ0) is 14.3. The third kappa shape index (κ3) is 4.86. The summed E-state index contributed by atoms with van der Waals surface area (Å²) in [5.74, 6) is 0.762. The molecule has 1 atom stereocenters. The number of hydrogen-bond acceptors (Lipinski definition) is 5. The van der Waals surface area contributed by atoms with Crippen LogP contribution in [0.5, 0.6) is 0 Å². The minimum absolute atomic E-state index is 0.0575. The Hall–Kier alpha value is -1.04. The largest absolute Gasteiger partial charge is 0.383 e. The summed E-state index contributed by atoms with van der Waals surface area (Å²) < 4.78 is 10.5. The lowest BCUT2D eigenvalue weighted by molar-refractivity contribution is 0.0697. The minimum Gasteiger partial charge on any atom is -0.383 e. The van der Waals surface area contributed by atoms with E-state index in [1.54, 1.807) is 7.11 Å². The van der Waals surface area contributed by atoms with Gasteiger partial charge in [-0.25, -0.2) is 9.97 Å². The summed E-state index contributed by atoms with van der Waals surface area (Å²) in [6, 6.07) is 0. The molecule has 0 saturated carbocycles. The van der Waals surface area contributed by atoms with Gasteiger partial charge in [0.25, 0.3) is 0 Å². The average Bonchev–Trinajstić information content (AvgIpc) is 2.37. The lowest BCUT2D eigenvalue weighted by Crippen LogP contribution is -2.21. The van der Waals surface area contributed by atoms with Gasteiger partial charge in [-0.1, -0.05) is 0 Å². The second-order valence-corrected chi connectivity index (χ2v) is 4.50. The van der Waals surface area contributed by atoms with Gasteiger partial charge in [-0.2, -0.15) is 0 Å². The summed E-state index contributed by atoms with van der Waals surface area (Å²) in [4.78, 5) is 9.09. The lowest BCUT2D eigenvalue weighted by Gasteiger charge is -2.15. The van der Waals surface area contributed by atoms with Gasteiger partial charge in [-0.15, -0.1) is 0 Å². The van der Waals surface area contributed by atoms with Crippen molar-refractivity contribution >= 4 is 0 Å². The zero-order valence-electron chi connectivity index (χ0n) is 12.6. The second-order valence-electron chi connectivity index (χ2n) is 4.50. The van der Waals surface area contributed by atoms with E-state index in [2.05, 4.69) is 15.3 Å². The van der Waals surface area contributed by atoms with E-state index in [4.69, 9.17) is 9.47 Å². The van der Waals surface area contributed by atoms with Crippen LogP contribution in [0.4, 0.5) is 0 Å². The maximum atomic E-state index is 5.53. The molecule has 1 N–H and O–H groups in total. The van der Waals surface area contributed by atoms with Gasteiger partial charge in [0.1, 0.15) is 6.10 Å². The first-order valence-electron chi connectivity index (χ1n) is 6.75. The van der Waals surface area contributed by atoms with E-state index in [0.717, 1.165) is 35.9 Å². The highest BCUT2D eigenvalue weighted by atomic mass is 16.5. The zero-order valence-corrected chi connectivity index (χ0v) is 12.6. The van der Waals surface area contributed by atoms with Crippen LogP contribution in [-0.2, 0) is 16.0 Å². The molecule has 19 heavy (non-hydrogen) atoms. The maximum Gasteiger partial charge on any atom is 0.157 e. The number of hydrogen-bond donors (Lipinski definition) is 1. The molecule has 0 amide bonds. The van der Waals surface area contributed by atoms with Crippen LogP contribution in [0.3, 0.4) is 0 Å². The molecule has 0 aliphatic heterocycles. The Bertz CT molecular complexity index is 373. The standard InChI is InChI=1S/C14H25N3O2/c1-6-19-12(4)14-16-10(2)13(11(3)17-14)9-15-7-8-18-5/h12,15H,6-9H2,1-5H3. The molecule has 5 nitrogen and oxygen atoms in total. The number of nitrogens with zero attached hydrogens (tertiary/aromatic N) is 2. The van der Waals surface area contributed by atoms with Crippen LogP contribution >= 0.6 is 0 Å². The van der Waals surface area contributed by atoms with Crippen LogP contribution in [0, 0.1) is 13.8 Å². The van der Waals surface area contributed by atoms with Crippen LogP contribution in [0.1, 0.15) is 42.7 Å². The first-order valence-corrected chi connectivity index (χ1v) is 6.75. The molecule has 1 aromatic heterocycles. The predicted molar refractivity (Wildman–Crippen MR) is 75.1 cm³/mol. The van der Waals surface area contributed by atoms with Gasteiger partial charge in [-0.3, -0.25) is 0 Å². The molecule has 1 unspecified atom stereocenters. The smallest absolute Gasteiger partial charge is 0.157 e. The van der Waals surface area contributed by atoms with Crippen molar-refractivity contribution in [1.29, 1.82) is 0 Å². The van der Waals surface area contributed by atoms with Crippen molar-refractivity contribution < 1.29 is 9.47 Å². The minimum atomic E-state index is -0.0575. The van der Waals surface area contributed by atoms with E-state index in [-0.39, 0.29) is 6.10 Å². The maximum absolute atomic E-state index is 5.53. The third-order valence-corrected chi connectivity index (χ3v) is 3.00. The molecular weight excluding hydrogens is 242 g/mol. The fourth-order valence-corrected chi connectivity index (χ4v) is 1.92. The molecule has 0 radical (unpaired) electrons. The van der Waals surface area contributed by atoms with Crippen LogP contribution < -0.4 is 5.32 Å². The van der Waals surface area contributed by atoms with E-state index >= 15 is 0 Å². The van der Waals surface area contributed by atoms with Crippen molar-refractivity contribution in [1.82, 2.24) is 15.3 Å². The predicted octanol–water partition coefficient (Wildman–Crippen LogP) is 1.93. The Morgan fingerprint density at radius 3 is 2.37 bits per heavy atom. The van der Waals surface area contributed by atoms with E-state index in [1.165, 1.54) is 0 Å². The molecular formula is C14H25N3O2. The summed E-state index contributed by atoms with van der Waals surface area (Å²) in [6.45, 7) is 11.0. The number of aromatic nitrogens is 2. The van der Waals surface area contributed by atoms with Gasteiger partial charge in [0.05, 0.1) is 6.61 Å². The topological polar surface area (TPSA) is 56.3 Å². The molecule has 108 valence electrons. The summed E-state index contributed by atoms with van der Waals surface area (Å²) >= 11 is 0. The van der Waals surface area contributed by atoms with Gasteiger partial charge in [0.2, 0.25) is 0 Å². The Kier molecular flexibility index (Phi) is 6.91. The molecule has 0 aliphatic carbocycles. The Balaban J connectivity index is 2.73. The Morgan fingerprint density at radius 1 is 1.21 bits per heavy atom. The summed E-state index contributed by atoms with van der Waals surface area (Å²) in [5, 5.41) is 3.32. The van der Waals surface area contributed by atoms with E-state index in [0.29, 0.717) is 13.2 Å². The first-order chi connectivity index (χ1) is 9.10. The highest BCUT2D eigenvalue weighted by molar-refractivity contribution is 5.24. The molecule has 0 fully saturated rings. The van der Waals surface area contributed by atoms with Crippen molar-refractivity contribution in [3.8, 4) is 0 Å². The quantitative estimate of drug-likeness (QED) is 0.729. The van der Waals surface area contributed by atoms with Gasteiger partial charge in [-0.05, 0) is 27.7 Å². The molecule has 0 saturated heterocycles. The van der Waals surface area contributed by atoms with Crippen LogP contribution in [-0.4, -0.2) is 36.8 Å². The van der Waals surface area contributed by atoms with Crippen molar-refractivity contribution in [3.05, 3.63) is 22.8 Å². The monoisotopic (exact) mass is 267 g/mol. The van der Waals surface area contributed by atoms with E-state index < -0.39 is 0 Å². The fraction of sp³-hybridized carbons (Fsp3) is 0.714. The van der Waals surface area contributed by atoms with E-state index in [1.807, 2.05) is 27.7 Å². The van der Waals surface area contributed by atoms with Crippen molar-refractivity contribution in [2.75, 3.05) is 26.9 Å². The molecule has 1 aromatic rings. The summed E-state index contributed by atoms with van der Waals surface area (Å²) in [6.07, 6.45) is -0.0575. The number of aryl methyl sites for hydroxylation is 2. The molecule has 5 heteroatoms. The molecule has 0 bridgehead atoms. The Labute approximate surface area is 115 Å². The van der Waals surface area contributed by atoms with Crippen molar-refractivity contribution in [2.24, 2.45) is 0 Å². The van der Waals surface area contributed by atoms with Gasteiger partial charge in [0.15, 0.2) is 5.82 Å². The fourth-order valence-electron chi connectivity index (χ4n) is 1.92. The van der Waals surface area contributed by atoms with Crippen molar-refractivity contribution in [3.63, 3.8) is 0 Å². The van der Waals surface area contributed by atoms with Gasteiger partial charge < -0.3 is 14.8 Å². The van der Waals surface area contributed by atoms with Crippen molar-refractivity contribution in [2.45, 2.75) is 40.3 Å². The number of rotatable bonds is 8. The highest BCUT2D eigenvalue weighted by Gasteiger charge is 2.13. The molecule has 0 aromatic carbocycles. The van der Waals surface area contributed by atoms with Crippen LogP contribution in [0.25, 0.3) is 0 Å².